The van der Waals surface area contributed by atoms with Crippen LogP contribution in [0.4, 0.5) is 0 Å². The average Bonchev–Trinajstić information content (AvgIpc) is 3.06. The van der Waals surface area contributed by atoms with Gasteiger partial charge in [-0.2, -0.15) is 8.42 Å². The fourth-order valence-electron chi connectivity index (χ4n) is 5.43. The van der Waals surface area contributed by atoms with Crippen LogP contribution in [-0.2, 0) is 61.9 Å². The van der Waals surface area contributed by atoms with Gasteiger partial charge in [0.05, 0.1) is 4.90 Å². The molecule has 6 unspecified atom stereocenters. The van der Waals surface area contributed by atoms with Crippen molar-refractivity contribution in [3.8, 4) is 0 Å². The minimum atomic E-state index is -4.19. The van der Waals surface area contributed by atoms with E-state index in [0.29, 0.717) is 0 Å². The average molecular weight is 792 g/mol. The second-order valence-corrected chi connectivity index (χ2v) is 16.3. The number of hydrogen-bond acceptors (Lipinski definition) is 16. The van der Waals surface area contributed by atoms with Gasteiger partial charge in [-0.25, -0.2) is 0 Å². The molecule has 292 valence electrons. The fourth-order valence-corrected chi connectivity index (χ4v) is 8.56. The Morgan fingerprint density at radius 2 is 1.23 bits per heavy atom. The number of carbonyl (C=O) groups is 4. The van der Waals surface area contributed by atoms with Gasteiger partial charge in [0, 0.05) is 44.4 Å². The summed E-state index contributed by atoms with van der Waals surface area (Å²) in [6.07, 6.45) is -4.28. The molecule has 10 atom stereocenters. The minimum absolute atomic E-state index is 0.0291. The Labute approximate surface area is 313 Å². The van der Waals surface area contributed by atoms with E-state index in [-0.39, 0.29) is 40.8 Å². The second kappa shape index (κ2) is 21.6. The van der Waals surface area contributed by atoms with Gasteiger partial charge in [0.1, 0.15) is 60.6 Å². The summed E-state index contributed by atoms with van der Waals surface area (Å²) in [6, 6.07) is 5.45. The van der Waals surface area contributed by atoms with Crippen LogP contribution in [-0.4, -0.2) is 104 Å². The number of hydrogen-bond donors (Lipinski definition) is 0. The minimum Gasteiger partial charge on any atom is -0.463 e. The Morgan fingerprint density at radius 3 is 1.69 bits per heavy atom. The molecule has 2 heterocycles. The van der Waals surface area contributed by atoms with Crippen LogP contribution in [0.1, 0.15) is 61.0 Å². The summed E-state index contributed by atoms with van der Waals surface area (Å²) in [5, 5.41) is 3.70. The van der Waals surface area contributed by atoms with Crippen LogP contribution in [0.15, 0.2) is 34.3 Å². The molecular formula is C33H49N3O13S3. The highest BCUT2D eigenvalue weighted by molar-refractivity contribution is 7.99. The third-order valence-electron chi connectivity index (χ3n) is 7.82. The Hall–Kier alpha value is -3.06. The Balaban J connectivity index is 0.000000378. The van der Waals surface area contributed by atoms with E-state index in [9.17, 15) is 27.6 Å². The molecule has 2 aliphatic rings. The van der Waals surface area contributed by atoms with Gasteiger partial charge in [0.15, 0.2) is 0 Å². The van der Waals surface area contributed by atoms with Gasteiger partial charge in [0.25, 0.3) is 10.1 Å². The standard InChI is InChI=1S/C20H28O8S2.C13H21N3O5S/c1-6-29-20-13(3)18(26-15(5)22)19(17(27-20)11-25-14(4)21)28-30(23,24)16-9-7-12(2)8-10-16;1-5-22-13-7(2)12(20-9(4)18)11(15-16-14)10(21-13)6-19-8(3)17/h7-10,13,17-20H,6,11H2,1-5H3;7,10-13H,5-6H2,1-4H3/t13?,17?,18-,19?,20+;7?,10?,11?,12-,13+/m11/s1. The highest BCUT2D eigenvalue weighted by Gasteiger charge is 2.49. The topological polar surface area (TPSA) is 216 Å². The van der Waals surface area contributed by atoms with E-state index in [0.717, 1.165) is 17.1 Å². The monoisotopic (exact) mass is 791 g/mol. The number of thioether (sulfide) groups is 2. The van der Waals surface area contributed by atoms with Gasteiger partial charge < -0.3 is 28.4 Å². The lowest BCUT2D eigenvalue weighted by molar-refractivity contribution is -0.199. The van der Waals surface area contributed by atoms with E-state index < -0.39 is 70.6 Å². The van der Waals surface area contributed by atoms with Gasteiger partial charge in [-0.15, -0.1) is 23.5 Å². The molecule has 0 spiro atoms. The number of ether oxygens (including phenoxy) is 6. The van der Waals surface area contributed by atoms with Crippen molar-refractivity contribution in [3.63, 3.8) is 0 Å². The number of esters is 4. The van der Waals surface area contributed by atoms with Crippen molar-refractivity contribution in [1.29, 1.82) is 0 Å². The highest BCUT2D eigenvalue weighted by Crippen LogP contribution is 2.38. The normalized spacial score (nSPS) is 28.6. The first-order valence-electron chi connectivity index (χ1n) is 16.6. The van der Waals surface area contributed by atoms with Crippen molar-refractivity contribution in [2.24, 2.45) is 17.0 Å². The molecule has 52 heavy (non-hydrogen) atoms. The van der Waals surface area contributed by atoms with Crippen molar-refractivity contribution in [1.82, 2.24) is 0 Å². The molecule has 0 aliphatic carbocycles. The SMILES string of the molecule is CCS[C@@H]1OC(COC(C)=O)C(N=[N+]=[N-])[C@H](OC(C)=O)C1C.CCS[C@@H]1OC(COC(C)=O)C(OS(=O)(=O)c2ccc(C)cc2)[C@H](OC(C)=O)C1C. The van der Waals surface area contributed by atoms with Gasteiger partial charge in [0.2, 0.25) is 0 Å². The van der Waals surface area contributed by atoms with Gasteiger partial charge in [-0.1, -0.05) is 50.5 Å². The lowest BCUT2D eigenvalue weighted by Crippen LogP contribution is -2.57. The molecule has 0 saturated carbocycles. The molecule has 0 amide bonds. The van der Waals surface area contributed by atoms with E-state index in [1.54, 1.807) is 30.8 Å². The van der Waals surface area contributed by atoms with Crippen LogP contribution in [0, 0.1) is 18.8 Å². The molecule has 19 heteroatoms. The Kier molecular flexibility index (Phi) is 18.7. The number of azide groups is 1. The largest absolute Gasteiger partial charge is 0.463 e. The molecule has 2 aliphatic heterocycles. The molecule has 16 nitrogen and oxygen atoms in total. The Morgan fingerprint density at radius 1 is 0.769 bits per heavy atom. The zero-order valence-electron chi connectivity index (χ0n) is 30.8. The molecule has 0 bridgehead atoms. The van der Waals surface area contributed by atoms with Crippen LogP contribution in [0.5, 0.6) is 0 Å². The second-order valence-electron chi connectivity index (χ2n) is 12.0. The number of carbonyl (C=O) groups excluding carboxylic acids is 4. The third kappa shape index (κ3) is 13.7. The van der Waals surface area contributed by atoms with E-state index in [2.05, 4.69) is 10.0 Å². The third-order valence-corrected chi connectivity index (χ3v) is 11.6. The van der Waals surface area contributed by atoms with Crippen molar-refractivity contribution in [3.05, 3.63) is 40.3 Å². The summed E-state index contributed by atoms with van der Waals surface area (Å²) in [7, 11) is -4.19. The van der Waals surface area contributed by atoms with Crippen molar-refractivity contribution in [2.75, 3.05) is 24.7 Å². The van der Waals surface area contributed by atoms with E-state index in [4.69, 9.17) is 38.1 Å². The Bertz CT molecular complexity index is 1510. The maximum absolute atomic E-state index is 12.9. The van der Waals surface area contributed by atoms with Crippen LogP contribution in [0.2, 0.25) is 0 Å². The summed E-state index contributed by atoms with van der Waals surface area (Å²) in [5.74, 6) is -0.982. The molecule has 0 radical (unpaired) electrons. The molecule has 0 aromatic heterocycles. The first-order chi connectivity index (χ1) is 24.4. The lowest BCUT2D eigenvalue weighted by Gasteiger charge is -2.43. The van der Waals surface area contributed by atoms with E-state index in [1.807, 2.05) is 27.7 Å². The van der Waals surface area contributed by atoms with Gasteiger partial charge in [-0.3, -0.25) is 23.4 Å². The number of aryl methyl sites for hydroxylation is 1. The predicted molar refractivity (Wildman–Crippen MR) is 192 cm³/mol. The number of benzene rings is 1. The van der Waals surface area contributed by atoms with Crippen LogP contribution in [0.25, 0.3) is 10.4 Å². The molecule has 2 fully saturated rings. The summed E-state index contributed by atoms with van der Waals surface area (Å²) >= 11 is 3.05. The highest BCUT2D eigenvalue weighted by atomic mass is 32.2. The smallest absolute Gasteiger partial charge is 0.303 e. The van der Waals surface area contributed by atoms with E-state index >= 15 is 0 Å². The number of rotatable bonds is 14. The molecule has 1 aromatic rings. The maximum Gasteiger partial charge on any atom is 0.303 e. The summed E-state index contributed by atoms with van der Waals surface area (Å²) in [4.78, 5) is 48.2. The lowest BCUT2D eigenvalue weighted by atomic mass is 9.91. The molecular weight excluding hydrogens is 743 g/mol. The van der Waals surface area contributed by atoms with Crippen molar-refractivity contribution >= 4 is 57.5 Å². The van der Waals surface area contributed by atoms with Crippen molar-refractivity contribution < 1.29 is 60.2 Å². The predicted octanol–water partition coefficient (Wildman–Crippen LogP) is 4.95. The zero-order valence-corrected chi connectivity index (χ0v) is 33.2. The zero-order chi connectivity index (χ0) is 39.2. The van der Waals surface area contributed by atoms with Crippen molar-refractivity contribution in [2.45, 2.75) is 115 Å². The fraction of sp³-hybridized carbons (Fsp3) is 0.697. The molecule has 0 N–H and O–H groups in total. The summed E-state index contributed by atoms with van der Waals surface area (Å²) in [6.45, 7) is 14.3. The van der Waals surface area contributed by atoms with E-state index in [1.165, 1.54) is 51.6 Å². The van der Waals surface area contributed by atoms with Gasteiger partial charge in [-0.05, 0) is 36.1 Å². The van der Waals surface area contributed by atoms with Gasteiger partial charge >= 0.3 is 23.9 Å². The van der Waals surface area contributed by atoms with Crippen LogP contribution in [0.3, 0.4) is 0 Å². The first kappa shape index (κ1) is 45.1. The molecule has 3 rings (SSSR count). The maximum atomic E-state index is 12.9. The first-order valence-corrected chi connectivity index (χ1v) is 20.2. The quantitative estimate of drug-likeness (QED) is 0.0608. The molecule has 1 aromatic carbocycles. The van der Waals surface area contributed by atoms with Crippen LogP contribution < -0.4 is 0 Å². The number of nitrogens with zero attached hydrogens (tertiary/aromatic N) is 3. The molecule has 2 saturated heterocycles. The van der Waals surface area contributed by atoms with Crippen LogP contribution >= 0.6 is 23.5 Å². The summed E-state index contributed by atoms with van der Waals surface area (Å²) in [5.41, 5.74) is 9.04. The summed E-state index contributed by atoms with van der Waals surface area (Å²) < 4.78 is 64.1.